The Kier molecular flexibility index (Phi) is 2.20. The number of rotatable bonds is 2. The molecule has 19 heavy (non-hydrogen) atoms. The number of hydrogen-bond acceptors (Lipinski definition) is 8. The summed E-state index contributed by atoms with van der Waals surface area (Å²) < 4.78 is 2.35. The number of aryl methyl sites for hydroxylation is 2. The van der Waals surface area contributed by atoms with Crippen LogP contribution in [-0.4, -0.2) is 44.7 Å². The van der Waals surface area contributed by atoms with Crippen molar-refractivity contribution in [2.75, 3.05) is 0 Å². The van der Waals surface area contributed by atoms with Gasteiger partial charge in [-0.15, -0.1) is 5.10 Å². The molecule has 0 bridgehead atoms. The van der Waals surface area contributed by atoms with Crippen molar-refractivity contribution in [3.8, 4) is 5.95 Å². The van der Waals surface area contributed by atoms with Gasteiger partial charge in [0.25, 0.3) is 0 Å². The van der Waals surface area contributed by atoms with Crippen LogP contribution in [0.25, 0.3) is 11.7 Å². The number of aromatic nitrogens is 8. The third kappa shape index (κ3) is 1.67. The summed E-state index contributed by atoms with van der Waals surface area (Å²) in [7, 11) is 0. The van der Waals surface area contributed by atoms with E-state index in [9.17, 15) is 10.1 Å². The van der Waals surface area contributed by atoms with Crippen LogP contribution in [0.4, 0.5) is 5.95 Å². The highest BCUT2D eigenvalue weighted by Crippen LogP contribution is 2.09. The molecule has 3 heterocycles. The van der Waals surface area contributed by atoms with Crippen LogP contribution in [0.15, 0.2) is 6.07 Å². The Bertz CT molecular complexity index is 789. The van der Waals surface area contributed by atoms with Crippen LogP contribution in [0.1, 0.15) is 11.4 Å². The Labute approximate surface area is 105 Å². The highest BCUT2D eigenvalue weighted by Gasteiger charge is 2.21. The van der Waals surface area contributed by atoms with Gasteiger partial charge in [0.1, 0.15) is 0 Å². The second-order valence-electron chi connectivity index (χ2n) is 3.81. The van der Waals surface area contributed by atoms with Crippen molar-refractivity contribution in [1.29, 1.82) is 0 Å². The highest BCUT2D eigenvalue weighted by molar-refractivity contribution is 5.29. The van der Waals surface area contributed by atoms with Crippen molar-refractivity contribution >= 4 is 11.7 Å². The molecule has 0 amide bonds. The van der Waals surface area contributed by atoms with Gasteiger partial charge in [0, 0.05) is 5.69 Å². The predicted molar refractivity (Wildman–Crippen MR) is 59.6 cm³/mol. The summed E-state index contributed by atoms with van der Waals surface area (Å²) in [5.41, 5.74) is 1.56. The molecule has 0 aliphatic rings. The van der Waals surface area contributed by atoms with Crippen molar-refractivity contribution in [3.05, 3.63) is 27.6 Å². The smallest absolute Gasteiger partial charge is 0.390 e. The number of nitrogens with zero attached hydrogens (tertiary/aromatic N) is 9. The summed E-state index contributed by atoms with van der Waals surface area (Å²) in [5, 5.41) is 33.3. The molecular formula is C8H7N9O2. The number of fused-ring (bicyclic) bond motifs is 1. The average Bonchev–Trinajstić information content (AvgIpc) is 2.91. The van der Waals surface area contributed by atoms with Gasteiger partial charge in [0.15, 0.2) is 0 Å². The summed E-state index contributed by atoms with van der Waals surface area (Å²) in [6, 6.07) is 1.83. The molecule has 0 atom stereocenters. The van der Waals surface area contributed by atoms with Crippen molar-refractivity contribution in [1.82, 2.24) is 39.8 Å². The summed E-state index contributed by atoms with van der Waals surface area (Å²) in [5.74, 6) is -0.453. The van der Waals surface area contributed by atoms with E-state index >= 15 is 0 Å². The molecule has 0 aromatic carbocycles. The maximum atomic E-state index is 10.8. The second kappa shape index (κ2) is 3.76. The van der Waals surface area contributed by atoms with Gasteiger partial charge in [-0.05, 0) is 29.9 Å². The maximum Gasteiger partial charge on any atom is 0.484 e. The van der Waals surface area contributed by atoms with E-state index in [1.54, 1.807) is 0 Å². The van der Waals surface area contributed by atoms with Crippen LogP contribution in [0, 0.1) is 24.0 Å². The molecule has 3 aromatic rings. The van der Waals surface area contributed by atoms with Gasteiger partial charge in [0.2, 0.25) is 0 Å². The van der Waals surface area contributed by atoms with Crippen molar-refractivity contribution in [2.45, 2.75) is 13.8 Å². The molecule has 11 nitrogen and oxygen atoms in total. The van der Waals surface area contributed by atoms with Crippen molar-refractivity contribution < 1.29 is 4.92 Å². The molecule has 0 radical (unpaired) electrons. The standard InChI is InChI=1S/C8H7N9O2/c1-4-3-5(2)15(13-4)7-11-9-6-10-12-8(17(18)19)16(6)14-7/h3H,1-2H3. The summed E-state index contributed by atoms with van der Waals surface area (Å²) in [6.45, 7) is 3.63. The quantitative estimate of drug-likeness (QED) is 0.451. The minimum absolute atomic E-state index is 0.0445. The van der Waals surface area contributed by atoms with E-state index < -0.39 is 10.9 Å². The fraction of sp³-hybridized carbons (Fsp3) is 0.250. The summed E-state index contributed by atoms with van der Waals surface area (Å²) in [4.78, 5) is 10.1. The number of nitro groups is 1. The molecule has 0 N–H and O–H groups in total. The first kappa shape index (κ1) is 11.1. The molecule has 96 valence electrons. The minimum atomic E-state index is -0.695. The van der Waals surface area contributed by atoms with Gasteiger partial charge in [-0.2, -0.15) is 9.78 Å². The topological polar surface area (TPSA) is 130 Å². The molecule has 0 aliphatic heterocycles. The third-order valence-corrected chi connectivity index (χ3v) is 2.39. The molecule has 0 aliphatic carbocycles. The largest absolute Gasteiger partial charge is 0.484 e. The van der Waals surface area contributed by atoms with Crippen molar-refractivity contribution in [2.24, 2.45) is 0 Å². The Morgan fingerprint density at radius 3 is 2.53 bits per heavy atom. The molecule has 3 rings (SSSR count). The van der Waals surface area contributed by atoms with Crippen LogP contribution >= 0.6 is 0 Å². The summed E-state index contributed by atoms with van der Waals surface area (Å²) >= 11 is 0. The Morgan fingerprint density at radius 2 is 1.89 bits per heavy atom. The van der Waals surface area contributed by atoms with E-state index in [2.05, 4.69) is 30.6 Å². The zero-order valence-electron chi connectivity index (χ0n) is 9.92. The van der Waals surface area contributed by atoms with E-state index in [4.69, 9.17) is 0 Å². The average molecular weight is 261 g/mol. The van der Waals surface area contributed by atoms with Gasteiger partial charge < -0.3 is 10.1 Å². The molecule has 0 unspecified atom stereocenters. The lowest BCUT2D eigenvalue weighted by molar-refractivity contribution is -0.395. The van der Waals surface area contributed by atoms with E-state index in [0.717, 1.165) is 15.9 Å². The fourth-order valence-corrected chi connectivity index (χ4v) is 1.64. The first-order valence-corrected chi connectivity index (χ1v) is 5.20. The molecule has 3 aromatic heterocycles. The van der Waals surface area contributed by atoms with Crippen LogP contribution in [0.5, 0.6) is 0 Å². The minimum Gasteiger partial charge on any atom is -0.390 e. The van der Waals surface area contributed by atoms with E-state index in [-0.39, 0.29) is 11.7 Å². The van der Waals surface area contributed by atoms with Crippen LogP contribution in [0.2, 0.25) is 0 Å². The lowest BCUT2D eigenvalue weighted by Gasteiger charge is -1.99. The third-order valence-electron chi connectivity index (χ3n) is 2.39. The molecule has 0 saturated carbocycles. The molecule has 0 spiro atoms. The molecule has 0 fully saturated rings. The normalized spacial score (nSPS) is 11.1. The SMILES string of the molecule is Cc1cc(C)n(-c2nnc3nnc([N+](=O)[O-])n3n2)n1. The zero-order valence-corrected chi connectivity index (χ0v) is 9.92. The lowest BCUT2D eigenvalue weighted by Crippen LogP contribution is -2.11. The van der Waals surface area contributed by atoms with Gasteiger partial charge in [-0.25, -0.2) is 0 Å². The molecular weight excluding hydrogens is 254 g/mol. The summed E-state index contributed by atoms with van der Waals surface area (Å²) in [6.07, 6.45) is 0. The fourth-order valence-electron chi connectivity index (χ4n) is 1.64. The van der Waals surface area contributed by atoms with Crippen molar-refractivity contribution in [3.63, 3.8) is 0 Å². The Hall–Kier alpha value is -2.98. The first-order valence-electron chi connectivity index (χ1n) is 5.20. The van der Waals surface area contributed by atoms with Crippen LogP contribution in [0.3, 0.4) is 0 Å². The second-order valence-corrected chi connectivity index (χ2v) is 3.81. The van der Waals surface area contributed by atoms with Crippen LogP contribution < -0.4 is 0 Å². The highest BCUT2D eigenvalue weighted by atomic mass is 16.6. The van der Waals surface area contributed by atoms with Gasteiger partial charge in [-0.1, -0.05) is 14.7 Å². The molecule has 0 saturated heterocycles. The first-order chi connectivity index (χ1) is 9.06. The zero-order chi connectivity index (χ0) is 13.6. The predicted octanol–water partition coefficient (Wildman–Crippen LogP) is -0.375. The molecule has 11 heteroatoms. The van der Waals surface area contributed by atoms with E-state index in [1.807, 2.05) is 19.9 Å². The number of hydrogen-bond donors (Lipinski definition) is 0. The van der Waals surface area contributed by atoms with E-state index in [1.165, 1.54) is 4.68 Å². The van der Waals surface area contributed by atoms with Gasteiger partial charge >= 0.3 is 17.7 Å². The van der Waals surface area contributed by atoms with Gasteiger partial charge in [-0.3, -0.25) is 0 Å². The monoisotopic (exact) mass is 261 g/mol. The van der Waals surface area contributed by atoms with Gasteiger partial charge in [0.05, 0.1) is 10.8 Å². The maximum absolute atomic E-state index is 10.8. The lowest BCUT2D eigenvalue weighted by atomic mass is 10.4. The Balaban J connectivity index is 2.23. The van der Waals surface area contributed by atoms with Crippen LogP contribution in [-0.2, 0) is 0 Å². The van der Waals surface area contributed by atoms with E-state index in [0.29, 0.717) is 0 Å². The Morgan fingerprint density at radius 1 is 1.16 bits per heavy atom.